The molecule has 0 aromatic heterocycles. The van der Waals surface area contributed by atoms with Crippen LogP contribution in [0.4, 0.5) is 5.69 Å². The summed E-state index contributed by atoms with van der Waals surface area (Å²) in [4.78, 5) is 22.3. The summed E-state index contributed by atoms with van der Waals surface area (Å²) in [6, 6.07) is 2.73. The Hall–Kier alpha value is -2.31. The van der Waals surface area contributed by atoms with Crippen molar-refractivity contribution in [1.82, 2.24) is 0 Å². The van der Waals surface area contributed by atoms with Gasteiger partial charge in [0, 0.05) is 6.42 Å². The van der Waals surface area contributed by atoms with E-state index in [1.54, 1.807) is 0 Å². The highest BCUT2D eigenvalue weighted by molar-refractivity contribution is 5.69. The third kappa shape index (κ3) is 5.77. The number of benzene rings is 1. The van der Waals surface area contributed by atoms with Crippen LogP contribution in [0.3, 0.4) is 0 Å². The van der Waals surface area contributed by atoms with Gasteiger partial charge in [0.25, 0.3) is 5.69 Å². The predicted octanol–water partition coefficient (Wildman–Crippen LogP) is 3.63. The zero-order valence-corrected chi connectivity index (χ0v) is 13.8. The van der Waals surface area contributed by atoms with Gasteiger partial charge in [-0.05, 0) is 12.5 Å². The molecule has 0 amide bonds. The fourth-order valence-corrected chi connectivity index (χ4v) is 2.12. The van der Waals surface area contributed by atoms with E-state index in [1.165, 1.54) is 26.4 Å². The number of ether oxygens (including phenoxy) is 3. The van der Waals surface area contributed by atoms with Crippen LogP contribution in [0, 0.1) is 10.1 Å². The van der Waals surface area contributed by atoms with Crippen LogP contribution >= 0.6 is 0 Å². The lowest BCUT2D eigenvalue weighted by atomic mass is 10.1. The van der Waals surface area contributed by atoms with E-state index in [0.717, 1.165) is 25.7 Å². The number of hydrogen-bond donors (Lipinski definition) is 0. The van der Waals surface area contributed by atoms with E-state index < -0.39 is 4.92 Å². The highest BCUT2D eigenvalue weighted by atomic mass is 16.6. The minimum absolute atomic E-state index is 0.163. The van der Waals surface area contributed by atoms with Gasteiger partial charge in [0.15, 0.2) is 11.5 Å². The molecule has 23 heavy (non-hydrogen) atoms. The number of esters is 1. The van der Waals surface area contributed by atoms with Crippen LogP contribution in [-0.4, -0.2) is 25.1 Å². The van der Waals surface area contributed by atoms with E-state index in [1.807, 2.05) is 0 Å². The molecule has 0 unspecified atom stereocenters. The van der Waals surface area contributed by atoms with Crippen molar-refractivity contribution in [1.29, 1.82) is 0 Å². The maximum Gasteiger partial charge on any atom is 0.306 e. The number of nitro groups is 1. The molecule has 0 bridgehead atoms. The van der Waals surface area contributed by atoms with Gasteiger partial charge >= 0.3 is 5.97 Å². The lowest BCUT2D eigenvalue weighted by Crippen LogP contribution is -2.06. The number of rotatable bonds is 10. The van der Waals surface area contributed by atoms with Gasteiger partial charge in [-0.3, -0.25) is 14.9 Å². The van der Waals surface area contributed by atoms with Gasteiger partial charge in [0.2, 0.25) is 0 Å². The number of carbonyl (C=O) groups excluding carboxylic acids is 1. The van der Waals surface area contributed by atoms with Crippen LogP contribution < -0.4 is 9.47 Å². The highest BCUT2D eigenvalue weighted by Crippen LogP contribution is 2.34. The third-order valence-electron chi connectivity index (χ3n) is 3.40. The fourth-order valence-electron chi connectivity index (χ4n) is 2.12. The van der Waals surface area contributed by atoms with Crippen LogP contribution in [0.15, 0.2) is 12.1 Å². The van der Waals surface area contributed by atoms with Crippen molar-refractivity contribution in [3.05, 3.63) is 27.8 Å². The van der Waals surface area contributed by atoms with Gasteiger partial charge in [-0.1, -0.05) is 26.2 Å². The summed E-state index contributed by atoms with van der Waals surface area (Å²) >= 11 is 0. The molecule has 1 aromatic rings. The summed E-state index contributed by atoms with van der Waals surface area (Å²) in [6.45, 7) is 1.93. The number of hydrogen-bond acceptors (Lipinski definition) is 6. The van der Waals surface area contributed by atoms with Gasteiger partial charge in [-0.25, -0.2) is 0 Å². The molecule has 0 fully saturated rings. The zero-order chi connectivity index (χ0) is 17.2. The van der Waals surface area contributed by atoms with Crippen molar-refractivity contribution in [2.24, 2.45) is 0 Å². The Bertz CT molecular complexity index is 544. The molecule has 0 radical (unpaired) electrons. The van der Waals surface area contributed by atoms with Crippen molar-refractivity contribution in [3.63, 3.8) is 0 Å². The minimum Gasteiger partial charge on any atom is -0.493 e. The Balaban J connectivity index is 2.74. The van der Waals surface area contributed by atoms with E-state index in [2.05, 4.69) is 6.92 Å². The quantitative estimate of drug-likeness (QED) is 0.282. The summed E-state index contributed by atoms with van der Waals surface area (Å²) < 4.78 is 15.3. The van der Waals surface area contributed by atoms with Crippen LogP contribution in [0.25, 0.3) is 0 Å². The highest BCUT2D eigenvalue weighted by Gasteiger charge is 2.20. The third-order valence-corrected chi connectivity index (χ3v) is 3.40. The molecule has 0 aliphatic rings. The monoisotopic (exact) mass is 325 g/mol. The molecule has 0 atom stereocenters. The Kier molecular flexibility index (Phi) is 7.87. The second-order valence-corrected chi connectivity index (χ2v) is 5.06. The second kappa shape index (κ2) is 9.66. The second-order valence-electron chi connectivity index (χ2n) is 5.06. The molecule has 7 nitrogen and oxygen atoms in total. The number of carbonyl (C=O) groups is 1. The molecular formula is C16H23NO6. The summed E-state index contributed by atoms with van der Waals surface area (Å²) in [5.74, 6) is 0.256. The zero-order valence-electron chi connectivity index (χ0n) is 13.8. The van der Waals surface area contributed by atoms with E-state index >= 15 is 0 Å². The van der Waals surface area contributed by atoms with E-state index in [-0.39, 0.29) is 29.6 Å². The van der Waals surface area contributed by atoms with Gasteiger partial charge < -0.3 is 14.2 Å². The topological polar surface area (TPSA) is 87.9 Å². The Morgan fingerprint density at radius 1 is 1.13 bits per heavy atom. The van der Waals surface area contributed by atoms with Crippen molar-refractivity contribution < 1.29 is 23.9 Å². The average molecular weight is 325 g/mol. The number of unbranched alkanes of at least 4 members (excludes halogenated alkanes) is 3. The molecule has 0 spiro atoms. The normalized spacial score (nSPS) is 10.2. The summed E-state index contributed by atoms with van der Waals surface area (Å²) in [6.07, 6.45) is 4.23. The first-order valence-electron chi connectivity index (χ1n) is 7.58. The first kappa shape index (κ1) is 18.7. The van der Waals surface area contributed by atoms with Crippen molar-refractivity contribution in [2.75, 3.05) is 14.2 Å². The van der Waals surface area contributed by atoms with Gasteiger partial charge in [-0.2, -0.15) is 0 Å². The Morgan fingerprint density at radius 2 is 1.78 bits per heavy atom. The summed E-state index contributed by atoms with van der Waals surface area (Å²) in [7, 11) is 2.84. The molecule has 1 rings (SSSR count). The van der Waals surface area contributed by atoms with Gasteiger partial charge in [-0.15, -0.1) is 0 Å². The van der Waals surface area contributed by atoms with Crippen molar-refractivity contribution in [2.45, 2.75) is 45.6 Å². The van der Waals surface area contributed by atoms with Crippen molar-refractivity contribution in [3.8, 4) is 11.5 Å². The predicted molar refractivity (Wildman–Crippen MR) is 84.8 cm³/mol. The summed E-state index contributed by atoms with van der Waals surface area (Å²) in [5.41, 5.74) is 0.107. The molecule has 7 heteroatoms. The minimum atomic E-state index is -0.535. The smallest absolute Gasteiger partial charge is 0.306 e. The van der Waals surface area contributed by atoms with Crippen LogP contribution in [0.2, 0.25) is 0 Å². The van der Waals surface area contributed by atoms with Crippen LogP contribution in [0.1, 0.15) is 44.6 Å². The standard InChI is InChI=1S/C16H23NO6/c1-4-5-6-7-8-16(18)23-11-12-9-14(21-2)15(22-3)10-13(12)17(19)20/h9-10H,4-8,11H2,1-3H3. The molecular weight excluding hydrogens is 302 g/mol. The largest absolute Gasteiger partial charge is 0.493 e. The lowest BCUT2D eigenvalue weighted by Gasteiger charge is -2.11. The maximum atomic E-state index is 11.7. The van der Waals surface area contributed by atoms with Crippen LogP contribution in [0.5, 0.6) is 11.5 Å². The molecule has 0 aliphatic carbocycles. The van der Waals surface area contributed by atoms with Gasteiger partial charge in [0.1, 0.15) is 6.61 Å². The SMILES string of the molecule is CCCCCCC(=O)OCc1cc(OC)c(OC)cc1[N+](=O)[O-]. The van der Waals surface area contributed by atoms with E-state index in [4.69, 9.17) is 14.2 Å². The Morgan fingerprint density at radius 3 is 2.35 bits per heavy atom. The number of nitro benzene ring substituents is 1. The van der Waals surface area contributed by atoms with Crippen LogP contribution in [-0.2, 0) is 16.1 Å². The molecule has 0 N–H and O–H groups in total. The molecule has 0 heterocycles. The van der Waals surface area contributed by atoms with E-state index in [9.17, 15) is 14.9 Å². The first-order valence-corrected chi connectivity index (χ1v) is 7.58. The molecule has 0 aliphatic heterocycles. The molecule has 1 aromatic carbocycles. The first-order chi connectivity index (χ1) is 11.0. The lowest BCUT2D eigenvalue weighted by molar-refractivity contribution is -0.385. The van der Waals surface area contributed by atoms with Gasteiger partial charge in [0.05, 0.1) is 30.8 Å². The average Bonchev–Trinajstić information content (AvgIpc) is 2.55. The van der Waals surface area contributed by atoms with E-state index in [0.29, 0.717) is 12.2 Å². The maximum absolute atomic E-state index is 11.7. The van der Waals surface area contributed by atoms with Crippen molar-refractivity contribution >= 4 is 11.7 Å². The Labute approximate surface area is 135 Å². The molecule has 128 valence electrons. The fraction of sp³-hybridized carbons (Fsp3) is 0.562. The number of nitrogens with zero attached hydrogens (tertiary/aromatic N) is 1. The summed E-state index contributed by atoms with van der Waals surface area (Å²) in [5, 5.41) is 11.1. The molecule has 0 saturated carbocycles. The number of methoxy groups -OCH3 is 2. The molecule has 0 saturated heterocycles.